The van der Waals surface area contributed by atoms with Crippen LogP contribution in [0, 0.1) is 19.8 Å². The van der Waals surface area contributed by atoms with Gasteiger partial charge in [0.15, 0.2) is 0 Å². The van der Waals surface area contributed by atoms with Crippen LogP contribution in [0.1, 0.15) is 29.8 Å². The second kappa shape index (κ2) is 10.2. The van der Waals surface area contributed by atoms with Gasteiger partial charge in [-0.05, 0) is 63.1 Å². The molecule has 0 N–H and O–H groups in total. The summed E-state index contributed by atoms with van der Waals surface area (Å²) in [5, 5.41) is 4.68. The number of hydrogen-bond donors (Lipinski definition) is 0. The first kappa shape index (κ1) is 24.9. The monoisotopic (exact) mass is 496 g/mol. The Hall–Kier alpha value is -3.17. The summed E-state index contributed by atoms with van der Waals surface area (Å²) in [5.74, 6) is 0.163. The highest BCUT2D eigenvalue weighted by Gasteiger charge is 2.34. The fourth-order valence-corrected chi connectivity index (χ4v) is 6.13. The Kier molecular flexibility index (Phi) is 7.28. The van der Waals surface area contributed by atoms with E-state index in [0.717, 1.165) is 22.6 Å². The smallest absolute Gasteiger partial charge is 0.243 e. The van der Waals surface area contributed by atoms with Crippen LogP contribution in [-0.2, 0) is 21.4 Å². The number of nitrogens with zero attached hydrogens (tertiary/aromatic N) is 4. The van der Waals surface area contributed by atoms with Gasteiger partial charge in [-0.3, -0.25) is 4.79 Å². The number of amides is 1. The predicted molar refractivity (Wildman–Crippen MR) is 134 cm³/mol. The van der Waals surface area contributed by atoms with Gasteiger partial charge in [0.1, 0.15) is 5.75 Å². The maximum atomic E-state index is 13.4. The lowest BCUT2D eigenvalue weighted by Crippen LogP contribution is -2.45. The number of benzene rings is 2. The maximum Gasteiger partial charge on any atom is 0.243 e. The van der Waals surface area contributed by atoms with E-state index in [1.165, 1.54) is 11.4 Å². The first-order chi connectivity index (χ1) is 16.7. The van der Waals surface area contributed by atoms with Crippen LogP contribution in [0.3, 0.4) is 0 Å². The largest absolute Gasteiger partial charge is 0.497 e. The predicted octanol–water partition coefficient (Wildman–Crippen LogP) is 3.56. The van der Waals surface area contributed by atoms with E-state index in [2.05, 4.69) is 5.10 Å². The minimum absolute atomic E-state index is 0.0501. The maximum absolute atomic E-state index is 13.4. The number of carbonyl (C=O) groups excluding carboxylic acids is 1. The summed E-state index contributed by atoms with van der Waals surface area (Å²) >= 11 is 0. The van der Waals surface area contributed by atoms with Gasteiger partial charge in [0.05, 0.1) is 29.3 Å². The van der Waals surface area contributed by atoms with Crippen molar-refractivity contribution >= 4 is 15.9 Å². The molecule has 2 heterocycles. The number of methoxy groups -OCH3 is 1. The Morgan fingerprint density at radius 2 is 1.80 bits per heavy atom. The molecule has 35 heavy (non-hydrogen) atoms. The van der Waals surface area contributed by atoms with Gasteiger partial charge in [-0.15, -0.1) is 0 Å². The Morgan fingerprint density at radius 1 is 1.11 bits per heavy atom. The first-order valence-corrected chi connectivity index (χ1v) is 13.2. The number of rotatable bonds is 7. The number of carbonyl (C=O) groups is 1. The zero-order valence-corrected chi connectivity index (χ0v) is 21.5. The standard InChI is InChI=1S/C26H32N4O4S/c1-19-25(20(2)30(27-19)22-10-6-5-7-11-22)18-28(3)26(31)21-9-8-16-29(17-21)35(32,33)24-14-12-23(34-4)13-15-24/h5-7,10-15,21H,8-9,16-18H2,1-4H3/t21-/m1/s1. The van der Waals surface area contributed by atoms with Crippen molar-refractivity contribution in [2.24, 2.45) is 5.92 Å². The molecular weight excluding hydrogens is 464 g/mol. The van der Waals surface area contributed by atoms with Gasteiger partial charge in [-0.2, -0.15) is 9.40 Å². The van der Waals surface area contributed by atoms with E-state index in [0.29, 0.717) is 31.7 Å². The summed E-state index contributed by atoms with van der Waals surface area (Å²) in [5.41, 5.74) is 3.84. The van der Waals surface area contributed by atoms with Gasteiger partial charge in [-0.25, -0.2) is 13.1 Å². The third-order valence-electron chi connectivity index (χ3n) is 6.64. The van der Waals surface area contributed by atoms with E-state index >= 15 is 0 Å². The molecule has 0 aliphatic carbocycles. The van der Waals surface area contributed by atoms with Crippen molar-refractivity contribution < 1.29 is 17.9 Å². The van der Waals surface area contributed by atoms with Gasteiger partial charge in [-0.1, -0.05) is 18.2 Å². The zero-order valence-electron chi connectivity index (χ0n) is 20.6. The van der Waals surface area contributed by atoms with E-state index in [-0.39, 0.29) is 23.3 Å². The molecule has 1 saturated heterocycles. The van der Waals surface area contributed by atoms with Gasteiger partial charge in [0.2, 0.25) is 15.9 Å². The Balaban J connectivity index is 1.47. The summed E-state index contributed by atoms with van der Waals surface area (Å²) in [6, 6.07) is 16.2. The normalized spacial score (nSPS) is 16.7. The fourth-order valence-electron chi connectivity index (χ4n) is 4.61. The molecule has 8 nitrogen and oxygen atoms in total. The minimum atomic E-state index is -3.69. The Bertz CT molecular complexity index is 1290. The lowest BCUT2D eigenvalue weighted by atomic mass is 9.98. The highest BCUT2D eigenvalue weighted by molar-refractivity contribution is 7.89. The van der Waals surface area contributed by atoms with Crippen LogP contribution in [0.2, 0.25) is 0 Å². The van der Waals surface area contributed by atoms with Crippen LogP contribution < -0.4 is 4.74 Å². The topological polar surface area (TPSA) is 84.7 Å². The molecule has 3 aromatic rings. The van der Waals surface area contributed by atoms with Crippen LogP contribution in [0.5, 0.6) is 5.75 Å². The second-order valence-electron chi connectivity index (χ2n) is 8.97. The van der Waals surface area contributed by atoms with Crippen LogP contribution in [0.15, 0.2) is 59.5 Å². The van der Waals surface area contributed by atoms with Crippen LogP contribution >= 0.6 is 0 Å². The summed E-state index contributed by atoms with van der Waals surface area (Å²) < 4.78 is 34.8. The highest BCUT2D eigenvalue weighted by Crippen LogP contribution is 2.27. The van der Waals surface area contributed by atoms with Crippen LogP contribution in [-0.4, -0.2) is 60.6 Å². The highest BCUT2D eigenvalue weighted by atomic mass is 32.2. The second-order valence-corrected chi connectivity index (χ2v) is 10.9. The molecule has 4 rings (SSSR count). The van der Waals surface area contributed by atoms with Crippen molar-refractivity contribution in [2.75, 3.05) is 27.2 Å². The van der Waals surface area contributed by atoms with Crippen molar-refractivity contribution in [1.29, 1.82) is 0 Å². The van der Waals surface area contributed by atoms with E-state index in [1.54, 1.807) is 36.2 Å². The first-order valence-electron chi connectivity index (χ1n) is 11.7. The summed E-state index contributed by atoms with van der Waals surface area (Å²) in [6.07, 6.45) is 1.31. The van der Waals surface area contributed by atoms with E-state index in [4.69, 9.17) is 4.74 Å². The molecule has 186 valence electrons. The van der Waals surface area contributed by atoms with Gasteiger partial charge in [0, 0.05) is 37.9 Å². The molecule has 1 atom stereocenters. The molecule has 0 bridgehead atoms. The number of para-hydroxylation sites is 1. The van der Waals surface area contributed by atoms with Crippen molar-refractivity contribution in [2.45, 2.75) is 38.1 Å². The van der Waals surface area contributed by atoms with E-state index in [1.807, 2.05) is 48.9 Å². The molecule has 1 fully saturated rings. The summed E-state index contributed by atoms with van der Waals surface area (Å²) in [4.78, 5) is 15.3. The van der Waals surface area contributed by atoms with Crippen LogP contribution in [0.25, 0.3) is 5.69 Å². The molecular formula is C26H32N4O4S. The molecule has 2 aromatic carbocycles. The zero-order chi connectivity index (χ0) is 25.2. The van der Waals surface area contributed by atoms with Gasteiger partial charge >= 0.3 is 0 Å². The summed E-state index contributed by atoms with van der Waals surface area (Å²) in [6.45, 7) is 4.96. The molecule has 0 radical (unpaired) electrons. The quantitative estimate of drug-likeness (QED) is 0.499. The van der Waals surface area contributed by atoms with Crippen molar-refractivity contribution in [3.63, 3.8) is 0 Å². The SMILES string of the molecule is COc1ccc(S(=O)(=O)N2CCC[C@@H](C(=O)N(C)Cc3c(C)nn(-c4ccccc4)c3C)C2)cc1. The number of hydrogen-bond acceptors (Lipinski definition) is 5. The molecule has 0 unspecified atom stereocenters. The van der Waals surface area contributed by atoms with E-state index < -0.39 is 10.0 Å². The molecule has 1 amide bonds. The lowest BCUT2D eigenvalue weighted by Gasteiger charge is -2.33. The van der Waals surface area contributed by atoms with Gasteiger partial charge in [0.25, 0.3) is 0 Å². The average molecular weight is 497 g/mol. The van der Waals surface area contributed by atoms with Crippen molar-refractivity contribution in [3.8, 4) is 11.4 Å². The minimum Gasteiger partial charge on any atom is -0.497 e. The summed E-state index contributed by atoms with van der Waals surface area (Å²) in [7, 11) is -0.371. The number of piperidine rings is 1. The molecule has 1 aliphatic heterocycles. The Labute approximate surface area is 207 Å². The molecule has 0 spiro atoms. The Morgan fingerprint density at radius 3 is 2.46 bits per heavy atom. The van der Waals surface area contributed by atoms with Crippen LogP contribution in [0.4, 0.5) is 0 Å². The number of aryl methyl sites for hydroxylation is 1. The molecule has 0 saturated carbocycles. The molecule has 1 aromatic heterocycles. The van der Waals surface area contributed by atoms with Crippen molar-refractivity contribution in [1.82, 2.24) is 19.0 Å². The number of ether oxygens (including phenoxy) is 1. The number of aromatic nitrogens is 2. The molecule has 1 aliphatic rings. The number of sulfonamides is 1. The van der Waals surface area contributed by atoms with Crippen molar-refractivity contribution in [3.05, 3.63) is 71.5 Å². The van der Waals surface area contributed by atoms with E-state index in [9.17, 15) is 13.2 Å². The van der Waals surface area contributed by atoms with Gasteiger partial charge < -0.3 is 9.64 Å². The fraction of sp³-hybridized carbons (Fsp3) is 0.385. The third kappa shape index (κ3) is 5.11. The average Bonchev–Trinajstić information content (AvgIpc) is 3.17. The third-order valence-corrected chi connectivity index (χ3v) is 8.52. The molecule has 9 heteroatoms. The lowest BCUT2D eigenvalue weighted by molar-refractivity contribution is -0.135.